The Kier molecular flexibility index (Phi) is 3.57. The maximum atomic E-state index is 11.8. The number of aromatic hydroxyl groups is 1. The van der Waals surface area contributed by atoms with E-state index in [2.05, 4.69) is 20.8 Å². The summed E-state index contributed by atoms with van der Waals surface area (Å²) in [6.07, 6.45) is -0.944. The van der Waals surface area contributed by atoms with Crippen molar-refractivity contribution in [3.63, 3.8) is 0 Å². The van der Waals surface area contributed by atoms with Gasteiger partial charge in [0.1, 0.15) is 5.75 Å². The van der Waals surface area contributed by atoms with Gasteiger partial charge >= 0.3 is 0 Å². The van der Waals surface area contributed by atoms with Gasteiger partial charge in [0.15, 0.2) is 6.10 Å². The first-order valence-corrected chi connectivity index (χ1v) is 7.30. The first-order chi connectivity index (χ1) is 9.43. The van der Waals surface area contributed by atoms with Gasteiger partial charge in [-0.15, -0.1) is 0 Å². The van der Waals surface area contributed by atoms with Crippen LogP contribution < -0.4 is 4.90 Å². The standard InChI is InChI=1S/C17H25NO3/c1-16(2,3)10-7-11(17(4,5)6)14(20)12(8-10)18-9-13(19)15(18)21/h7-8,13,19-20H,9H2,1-6H3. The minimum Gasteiger partial charge on any atom is -0.505 e. The highest BCUT2D eigenvalue weighted by Gasteiger charge is 2.39. The molecule has 1 aromatic rings. The summed E-state index contributed by atoms with van der Waals surface area (Å²) in [5, 5.41) is 20.0. The fraction of sp³-hybridized carbons (Fsp3) is 0.588. The van der Waals surface area contributed by atoms with E-state index in [1.165, 1.54) is 4.90 Å². The van der Waals surface area contributed by atoms with Crippen LogP contribution in [-0.4, -0.2) is 28.8 Å². The molecule has 0 aliphatic carbocycles. The lowest BCUT2D eigenvalue weighted by Crippen LogP contribution is -2.56. The highest BCUT2D eigenvalue weighted by molar-refractivity contribution is 6.04. The normalized spacial score (nSPS) is 19.7. The second kappa shape index (κ2) is 4.73. The highest BCUT2D eigenvalue weighted by atomic mass is 16.3. The quantitative estimate of drug-likeness (QED) is 0.782. The van der Waals surface area contributed by atoms with Gasteiger partial charge in [0.2, 0.25) is 0 Å². The molecule has 4 heteroatoms. The zero-order valence-corrected chi connectivity index (χ0v) is 13.7. The lowest BCUT2D eigenvalue weighted by atomic mass is 9.79. The molecule has 1 aromatic carbocycles. The van der Waals surface area contributed by atoms with E-state index in [0.29, 0.717) is 5.69 Å². The number of anilines is 1. The predicted molar refractivity (Wildman–Crippen MR) is 83.9 cm³/mol. The Hall–Kier alpha value is -1.55. The zero-order valence-electron chi connectivity index (χ0n) is 13.7. The lowest BCUT2D eigenvalue weighted by Gasteiger charge is -2.37. The van der Waals surface area contributed by atoms with Gasteiger partial charge < -0.3 is 15.1 Å². The van der Waals surface area contributed by atoms with Crippen molar-refractivity contribution in [3.05, 3.63) is 23.3 Å². The number of benzene rings is 1. The average molecular weight is 291 g/mol. The summed E-state index contributed by atoms with van der Waals surface area (Å²) in [6.45, 7) is 12.6. The van der Waals surface area contributed by atoms with Gasteiger partial charge in [-0.1, -0.05) is 47.6 Å². The highest BCUT2D eigenvalue weighted by Crippen LogP contribution is 2.43. The lowest BCUT2D eigenvalue weighted by molar-refractivity contribution is -0.132. The molecule has 116 valence electrons. The molecule has 1 heterocycles. The van der Waals surface area contributed by atoms with Crippen LogP contribution in [0.25, 0.3) is 0 Å². The number of hydrogen-bond donors (Lipinski definition) is 2. The van der Waals surface area contributed by atoms with Crippen molar-refractivity contribution in [2.24, 2.45) is 0 Å². The van der Waals surface area contributed by atoms with Crippen LogP contribution in [0.5, 0.6) is 5.75 Å². The second-order valence-corrected chi connectivity index (χ2v) is 7.86. The molecule has 21 heavy (non-hydrogen) atoms. The Balaban J connectivity index is 2.62. The summed E-state index contributed by atoms with van der Waals surface area (Å²) in [6, 6.07) is 3.87. The summed E-state index contributed by atoms with van der Waals surface area (Å²) in [7, 11) is 0. The number of phenolic OH excluding ortho intramolecular Hbond substituents is 1. The molecule has 0 saturated carbocycles. The van der Waals surface area contributed by atoms with Crippen molar-refractivity contribution in [2.45, 2.75) is 58.5 Å². The molecule has 0 radical (unpaired) electrons. The molecule has 0 bridgehead atoms. The van der Waals surface area contributed by atoms with Crippen LogP contribution in [0.3, 0.4) is 0 Å². The average Bonchev–Trinajstić information content (AvgIpc) is 2.33. The van der Waals surface area contributed by atoms with Gasteiger partial charge in [0, 0.05) is 5.56 Å². The number of β-lactam (4-membered cyclic amide) rings is 1. The minimum absolute atomic E-state index is 0.0883. The molecule has 1 saturated heterocycles. The third kappa shape index (κ3) is 2.77. The monoisotopic (exact) mass is 291 g/mol. The van der Waals surface area contributed by atoms with Gasteiger partial charge in [-0.05, 0) is 22.5 Å². The van der Waals surface area contributed by atoms with Crippen LogP contribution in [0.15, 0.2) is 12.1 Å². The van der Waals surface area contributed by atoms with Crippen LogP contribution in [-0.2, 0) is 15.6 Å². The molecule has 0 aromatic heterocycles. The van der Waals surface area contributed by atoms with Crippen molar-refractivity contribution in [2.75, 3.05) is 11.4 Å². The van der Waals surface area contributed by atoms with Gasteiger partial charge in [-0.25, -0.2) is 0 Å². The molecule has 1 unspecified atom stereocenters. The van der Waals surface area contributed by atoms with E-state index in [1.807, 2.05) is 32.9 Å². The number of amides is 1. The Morgan fingerprint density at radius 1 is 1.10 bits per heavy atom. The third-order valence-corrected chi connectivity index (χ3v) is 3.96. The van der Waals surface area contributed by atoms with Crippen LogP contribution in [0.2, 0.25) is 0 Å². The SMILES string of the molecule is CC(C)(C)c1cc(N2CC(O)C2=O)c(O)c(C(C)(C)C)c1. The Morgan fingerprint density at radius 2 is 1.67 bits per heavy atom. The Bertz CT molecular complexity index is 579. The molecule has 1 amide bonds. The number of carbonyl (C=O) groups excluding carboxylic acids is 1. The van der Waals surface area contributed by atoms with Crippen LogP contribution >= 0.6 is 0 Å². The minimum atomic E-state index is -0.944. The maximum Gasteiger partial charge on any atom is 0.257 e. The summed E-state index contributed by atoms with van der Waals surface area (Å²) < 4.78 is 0. The van der Waals surface area contributed by atoms with Crippen LogP contribution in [0.4, 0.5) is 5.69 Å². The van der Waals surface area contributed by atoms with E-state index in [1.54, 1.807) is 0 Å². The van der Waals surface area contributed by atoms with Crippen molar-refractivity contribution < 1.29 is 15.0 Å². The fourth-order valence-electron chi connectivity index (χ4n) is 2.46. The number of nitrogens with zero attached hydrogens (tertiary/aromatic N) is 1. The Labute approximate surface area is 126 Å². The summed E-state index contributed by atoms with van der Waals surface area (Å²) >= 11 is 0. The predicted octanol–water partition coefficient (Wildman–Crippen LogP) is 2.69. The van der Waals surface area contributed by atoms with Gasteiger partial charge in [0.25, 0.3) is 5.91 Å². The van der Waals surface area contributed by atoms with E-state index in [-0.39, 0.29) is 29.0 Å². The van der Waals surface area contributed by atoms with E-state index in [9.17, 15) is 15.0 Å². The fourth-order valence-corrected chi connectivity index (χ4v) is 2.46. The molecule has 0 spiro atoms. The number of aliphatic hydroxyl groups is 1. The van der Waals surface area contributed by atoms with Crippen molar-refractivity contribution in [3.8, 4) is 5.75 Å². The number of phenols is 1. The molecule has 1 atom stereocenters. The van der Waals surface area contributed by atoms with Crippen molar-refractivity contribution in [1.82, 2.24) is 0 Å². The summed E-state index contributed by atoms with van der Waals surface area (Å²) in [4.78, 5) is 13.2. The van der Waals surface area contributed by atoms with Gasteiger partial charge in [0.05, 0.1) is 12.2 Å². The molecule has 1 aliphatic heterocycles. The molecule has 1 fully saturated rings. The summed E-state index contributed by atoms with van der Waals surface area (Å²) in [5.41, 5.74) is 2.07. The summed E-state index contributed by atoms with van der Waals surface area (Å²) in [5.74, 6) is -0.216. The number of rotatable bonds is 1. The zero-order chi connectivity index (χ0) is 16.2. The van der Waals surface area contributed by atoms with E-state index >= 15 is 0 Å². The Morgan fingerprint density at radius 3 is 2.05 bits per heavy atom. The van der Waals surface area contributed by atoms with Gasteiger partial charge in [-0.3, -0.25) is 4.79 Å². The van der Waals surface area contributed by atoms with E-state index < -0.39 is 6.10 Å². The van der Waals surface area contributed by atoms with Crippen LogP contribution in [0, 0.1) is 0 Å². The first-order valence-electron chi connectivity index (χ1n) is 7.30. The molecule has 2 rings (SSSR count). The molecule has 4 nitrogen and oxygen atoms in total. The molecular formula is C17H25NO3. The number of carbonyl (C=O) groups is 1. The van der Waals surface area contributed by atoms with Crippen LogP contribution in [0.1, 0.15) is 52.7 Å². The second-order valence-electron chi connectivity index (χ2n) is 7.86. The number of β-amino-alcohol motifs (C(OH)–C–C–N with tert-alkyl or cyclic N) is 1. The third-order valence-electron chi connectivity index (χ3n) is 3.96. The smallest absolute Gasteiger partial charge is 0.257 e. The molecule has 1 aliphatic rings. The first kappa shape index (κ1) is 15.8. The van der Waals surface area contributed by atoms with E-state index in [0.717, 1.165) is 11.1 Å². The number of aliphatic hydroxyl groups excluding tert-OH is 1. The molecule has 2 N–H and O–H groups in total. The van der Waals surface area contributed by atoms with Crippen molar-refractivity contribution in [1.29, 1.82) is 0 Å². The molecular weight excluding hydrogens is 266 g/mol. The van der Waals surface area contributed by atoms with Crippen molar-refractivity contribution >= 4 is 11.6 Å². The number of hydrogen-bond acceptors (Lipinski definition) is 3. The van der Waals surface area contributed by atoms with Gasteiger partial charge in [-0.2, -0.15) is 0 Å². The maximum absolute atomic E-state index is 11.8. The topological polar surface area (TPSA) is 60.8 Å². The van der Waals surface area contributed by atoms with E-state index in [4.69, 9.17) is 0 Å². The largest absolute Gasteiger partial charge is 0.505 e.